The Morgan fingerprint density at radius 1 is 0.500 bits per heavy atom. The second-order valence-corrected chi connectivity index (χ2v) is 22.9. The van der Waals surface area contributed by atoms with Gasteiger partial charge in [-0.2, -0.15) is 0 Å². The van der Waals surface area contributed by atoms with E-state index in [4.69, 9.17) is 23.7 Å². The monoisotopic (exact) mass is 786 g/mol. The maximum Gasteiger partial charge on any atom is 0.228 e. The summed E-state index contributed by atoms with van der Waals surface area (Å²) in [5.41, 5.74) is -9.18. The number of piperidine rings is 4. The van der Waals surface area contributed by atoms with Crippen molar-refractivity contribution in [1.29, 1.82) is 0 Å². The Morgan fingerprint density at radius 2 is 0.857 bits per heavy atom. The van der Waals surface area contributed by atoms with Crippen molar-refractivity contribution in [3.8, 4) is 0 Å². The third-order valence-electron chi connectivity index (χ3n) is 14.6. The van der Waals surface area contributed by atoms with Gasteiger partial charge in [0.25, 0.3) is 0 Å². The standard InChI is InChI=1S/C40H58N4O12/c1-29(2,3)25(45)41-16-36(49)34(14-21(34)41)55-39(19-43(27(47)31(7,8)9)22-15-35(22,39)54-36)52-24-23-40(24)38(51,18-44(23)28(48)32(10,11)12)53-33-13-20(33)42(17-37(33,50)56-40)26(46)30(4,5)6/h20-24,49-51H,13-19H2,1-12H3/t20?,21?,22?,23?,24?,33-,34-,35-,36-,37+,38-,39-,40+/m0/s1. The molecule has 0 radical (unpaired) electrons. The van der Waals surface area contributed by atoms with Crippen molar-refractivity contribution >= 4 is 23.6 Å². The Balaban J connectivity index is 1.06. The SMILES string of the molecule is CC(C)(C)C(=O)N1C[C@]2(O)O[C@@]34CC3N(C(=O)C(C)(C)C)C[C@@]4(O)O[C@]23C(O[C@]24CN(C(=O)C(C)(C)C)C5C[C@]52O[C@@]2(O)CN(C(=O)C(C)(C)C)C5C[C@]52O4)C13. The van der Waals surface area contributed by atoms with E-state index in [1.165, 1.54) is 4.90 Å². The van der Waals surface area contributed by atoms with E-state index in [2.05, 4.69) is 0 Å². The van der Waals surface area contributed by atoms with Gasteiger partial charge in [-0.05, 0) is 0 Å². The molecule has 56 heavy (non-hydrogen) atoms. The van der Waals surface area contributed by atoms with Crippen molar-refractivity contribution in [2.75, 3.05) is 26.2 Å². The van der Waals surface area contributed by atoms with Gasteiger partial charge in [0.2, 0.25) is 46.8 Å². The maximum atomic E-state index is 14.2. The van der Waals surface area contributed by atoms with Crippen molar-refractivity contribution in [3.05, 3.63) is 0 Å². The molecule has 13 atom stereocenters. The lowest BCUT2D eigenvalue weighted by Crippen LogP contribution is -2.71. The Morgan fingerprint density at radius 3 is 1.34 bits per heavy atom. The minimum atomic E-state index is -2.17. The second-order valence-electron chi connectivity index (χ2n) is 22.9. The largest absolute Gasteiger partial charge is 0.362 e. The molecule has 16 nitrogen and oxygen atoms in total. The molecule has 4 saturated carbocycles. The molecule has 0 aromatic heterocycles. The van der Waals surface area contributed by atoms with E-state index in [-0.39, 0.29) is 69.1 Å². The molecular weight excluding hydrogens is 728 g/mol. The first kappa shape index (κ1) is 37.8. The number of likely N-dealkylation sites (tertiary alicyclic amines) is 4. The van der Waals surface area contributed by atoms with Gasteiger partial charge in [0.15, 0.2) is 5.60 Å². The Hall–Kier alpha value is -2.44. The minimum absolute atomic E-state index is 0.0958. The number of hydrogen-bond donors (Lipinski definition) is 3. The number of hydrogen-bond acceptors (Lipinski definition) is 12. The summed E-state index contributed by atoms with van der Waals surface area (Å²) >= 11 is 0. The van der Waals surface area contributed by atoms with Crippen molar-refractivity contribution in [2.45, 2.75) is 178 Å². The first-order chi connectivity index (χ1) is 25.3. The molecular formula is C40H58N4O12. The highest BCUT2D eigenvalue weighted by Gasteiger charge is 2.98. The molecule has 0 aromatic rings. The van der Waals surface area contributed by atoms with Crippen LogP contribution in [0.25, 0.3) is 0 Å². The van der Waals surface area contributed by atoms with Gasteiger partial charge in [-0.25, -0.2) is 0 Å². The van der Waals surface area contributed by atoms with Crippen LogP contribution in [0.4, 0.5) is 0 Å². The predicted octanol–water partition coefficient (Wildman–Crippen LogP) is 0.435. The molecule has 0 bridgehead atoms. The van der Waals surface area contributed by atoms with Crippen LogP contribution in [-0.4, -0.2) is 161 Å². The molecule has 16 heteroatoms. The topological polar surface area (TPSA) is 188 Å². The van der Waals surface area contributed by atoms with Gasteiger partial charge in [0, 0.05) is 40.9 Å². The van der Waals surface area contributed by atoms with Gasteiger partial charge in [-0.15, -0.1) is 0 Å². The third-order valence-corrected chi connectivity index (χ3v) is 14.6. The average Bonchev–Trinajstić information content (AvgIpc) is 3.99. The number of carbonyl (C=O) groups excluding carboxylic acids is 4. The summed E-state index contributed by atoms with van der Waals surface area (Å²) in [6.45, 7) is 20.9. The number of amides is 4. The minimum Gasteiger partial charge on any atom is -0.362 e. The number of carbonyl (C=O) groups is 4. The van der Waals surface area contributed by atoms with Crippen LogP contribution < -0.4 is 0 Å². The molecule has 310 valence electrons. The van der Waals surface area contributed by atoms with Crippen LogP contribution in [0.2, 0.25) is 0 Å². The van der Waals surface area contributed by atoms with E-state index >= 15 is 0 Å². The lowest BCUT2D eigenvalue weighted by Gasteiger charge is -2.52. The maximum absolute atomic E-state index is 14.2. The Kier molecular flexibility index (Phi) is 6.49. The summed E-state index contributed by atoms with van der Waals surface area (Å²) in [6, 6.07) is -2.59. The highest BCUT2D eigenvalue weighted by Crippen LogP contribution is 2.76. The number of β-amino-alcohol motifs (C(OH)–C–C–N with tert-alkyl or cyclic N) is 3. The molecule has 4 aliphatic carbocycles. The summed E-state index contributed by atoms with van der Waals surface area (Å²) in [4.78, 5) is 62.0. The fourth-order valence-electron chi connectivity index (χ4n) is 11.5. The van der Waals surface area contributed by atoms with Gasteiger partial charge in [0.05, 0.1) is 50.3 Å². The van der Waals surface area contributed by atoms with E-state index in [9.17, 15) is 34.5 Å². The van der Waals surface area contributed by atoms with Crippen LogP contribution in [-0.2, 0) is 42.9 Å². The molecule has 6 heterocycles. The molecule has 10 rings (SSSR count). The number of rotatable bonds is 2. The Labute approximate surface area is 327 Å². The predicted molar refractivity (Wildman–Crippen MR) is 191 cm³/mol. The molecule has 0 aromatic carbocycles. The lowest BCUT2D eigenvalue weighted by molar-refractivity contribution is -0.458. The quantitative estimate of drug-likeness (QED) is 0.351. The van der Waals surface area contributed by atoms with Crippen molar-refractivity contribution in [1.82, 2.24) is 19.6 Å². The highest BCUT2D eigenvalue weighted by atomic mass is 16.8. The normalized spacial score (nSPS) is 50.2. The number of ether oxygens (including phenoxy) is 5. The molecule has 6 saturated heterocycles. The van der Waals surface area contributed by atoms with Crippen molar-refractivity contribution in [3.63, 3.8) is 0 Å². The van der Waals surface area contributed by atoms with E-state index in [1.54, 1.807) is 56.2 Å². The van der Waals surface area contributed by atoms with Gasteiger partial charge >= 0.3 is 0 Å². The zero-order valence-electron chi connectivity index (χ0n) is 34.6. The van der Waals surface area contributed by atoms with Gasteiger partial charge < -0.3 is 58.6 Å². The molecule has 5 unspecified atom stereocenters. The first-order valence-corrected chi connectivity index (χ1v) is 20.2. The zero-order chi connectivity index (χ0) is 41.0. The molecule has 10 fully saturated rings. The van der Waals surface area contributed by atoms with Crippen LogP contribution in [0.5, 0.6) is 0 Å². The van der Waals surface area contributed by atoms with Crippen LogP contribution in [0.15, 0.2) is 0 Å². The van der Waals surface area contributed by atoms with Crippen LogP contribution in [0.1, 0.15) is 102 Å². The van der Waals surface area contributed by atoms with Gasteiger partial charge in [-0.1, -0.05) is 83.1 Å². The summed E-state index contributed by atoms with van der Waals surface area (Å²) < 4.78 is 34.7. The highest BCUT2D eigenvalue weighted by molar-refractivity contribution is 5.86. The number of aliphatic hydroxyl groups is 3. The first-order valence-electron chi connectivity index (χ1n) is 20.2. The molecule has 10 aliphatic rings. The number of nitrogens with zero attached hydrogens (tertiary/aromatic N) is 4. The van der Waals surface area contributed by atoms with Crippen LogP contribution in [0, 0.1) is 21.7 Å². The van der Waals surface area contributed by atoms with Gasteiger partial charge in [-0.3, -0.25) is 19.2 Å². The van der Waals surface area contributed by atoms with E-state index in [0.717, 1.165) is 0 Å². The van der Waals surface area contributed by atoms with Crippen molar-refractivity contribution in [2.24, 2.45) is 21.7 Å². The smallest absolute Gasteiger partial charge is 0.228 e. The average molecular weight is 787 g/mol. The summed E-state index contributed by atoms with van der Waals surface area (Å²) in [5.74, 6) is -8.69. The van der Waals surface area contributed by atoms with E-state index in [0.29, 0.717) is 0 Å². The molecule has 3 N–H and O–H groups in total. The lowest BCUT2D eigenvalue weighted by atomic mass is 9.94. The molecule has 4 spiro atoms. The fraction of sp³-hybridized carbons (Fsp3) is 0.900. The summed E-state index contributed by atoms with van der Waals surface area (Å²) in [7, 11) is 0. The molecule has 6 aliphatic heterocycles. The van der Waals surface area contributed by atoms with Crippen LogP contribution >= 0.6 is 0 Å². The zero-order valence-corrected chi connectivity index (χ0v) is 34.6. The van der Waals surface area contributed by atoms with Crippen molar-refractivity contribution < 1.29 is 58.2 Å². The third kappa shape index (κ3) is 4.09. The summed E-state index contributed by atoms with van der Waals surface area (Å²) in [5, 5.41) is 37.6. The molecule has 4 amide bonds. The second kappa shape index (κ2) is 9.61. The summed E-state index contributed by atoms with van der Waals surface area (Å²) in [6.07, 6.45) is -0.406. The van der Waals surface area contributed by atoms with E-state index < -0.39 is 97.5 Å². The van der Waals surface area contributed by atoms with Crippen LogP contribution in [0.3, 0.4) is 0 Å². The Bertz CT molecular complexity index is 1920. The fourth-order valence-corrected chi connectivity index (χ4v) is 11.5. The van der Waals surface area contributed by atoms with Gasteiger partial charge in [0.1, 0.15) is 22.9 Å². The van der Waals surface area contributed by atoms with E-state index in [1.807, 2.05) is 41.5 Å².